The molecule has 1 aromatic rings. The first-order valence-corrected chi connectivity index (χ1v) is 5.62. The van der Waals surface area contributed by atoms with Crippen molar-refractivity contribution in [1.82, 2.24) is 0 Å². The van der Waals surface area contributed by atoms with Crippen LogP contribution in [0.15, 0.2) is 18.2 Å². The number of aliphatic carboxylic acids is 1. The number of nitrogen functional groups attached to an aromatic ring is 1. The minimum Gasteiger partial charge on any atom is -0.482 e. The normalized spacial score (nSPS) is 14.0. The zero-order valence-corrected chi connectivity index (χ0v) is 9.76. The number of ether oxygens (including phenoxy) is 1. The van der Waals surface area contributed by atoms with Crippen LogP contribution in [0.5, 0.6) is 5.75 Å². The lowest BCUT2D eigenvalue weighted by atomic mass is 10.2. The lowest BCUT2D eigenvalue weighted by Gasteiger charge is -2.29. The topological polar surface area (TPSA) is 92.9 Å². The molecule has 1 amide bonds. The standard InChI is InChI=1S/C12H14N2O4/c13-8-3-4-10-9(6-8)14(11(15)7-18-10)5-1-2-12(16)17/h3-4,6H,1-2,5,7,13H2,(H,16,17). The molecule has 0 saturated carbocycles. The first kappa shape index (κ1) is 12.2. The Morgan fingerprint density at radius 1 is 1.50 bits per heavy atom. The van der Waals surface area contributed by atoms with Crippen molar-refractivity contribution in [1.29, 1.82) is 0 Å². The van der Waals surface area contributed by atoms with Crippen LogP contribution >= 0.6 is 0 Å². The van der Waals surface area contributed by atoms with Crippen LogP contribution in [0, 0.1) is 0 Å². The Labute approximate surface area is 104 Å². The predicted octanol–water partition coefficient (Wildman–Crippen LogP) is 0.859. The van der Waals surface area contributed by atoms with Gasteiger partial charge >= 0.3 is 5.97 Å². The number of benzene rings is 1. The molecule has 0 unspecified atom stereocenters. The fourth-order valence-electron chi connectivity index (χ4n) is 1.85. The second-order valence-electron chi connectivity index (χ2n) is 4.06. The van der Waals surface area contributed by atoms with Gasteiger partial charge < -0.3 is 20.5 Å². The quantitative estimate of drug-likeness (QED) is 0.773. The molecule has 0 aliphatic carbocycles. The Kier molecular flexibility index (Phi) is 3.36. The fourth-order valence-corrected chi connectivity index (χ4v) is 1.85. The van der Waals surface area contributed by atoms with Crippen LogP contribution in [0.1, 0.15) is 12.8 Å². The molecule has 2 rings (SSSR count). The number of carboxylic acids is 1. The summed E-state index contributed by atoms with van der Waals surface area (Å²) in [6, 6.07) is 5.07. The number of amides is 1. The Hall–Kier alpha value is -2.24. The molecule has 6 heteroatoms. The summed E-state index contributed by atoms with van der Waals surface area (Å²) >= 11 is 0. The predicted molar refractivity (Wildman–Crippen MR) is 65.6 cm³/mol. The average molecular weight is 250 g/mol. The van der Waals surface area contributed by atoms with Crippen molar-refractivity contribution < 1.29 is 19.4 Å². The molecule has 1 aliphatic rings. The van der Waals surface area contributed by atoms with Gasteiger partial charge in [-0.3, -0.25) is 9.59 Å². The second-order valence-corrected chi connectivity index (χ2v) is 4.06. The van der Waals surface area contributed by atoms with Gasteiger partial charge in [0.15, 0.2) is 6.61 Å². The molecule has 0 atom stereocenters. The smallest absolute Gasteiger partial charge is 0.303 e. The summed E-state index contributed by atoms with van der Waals surface area (Å²) in [6.45, 7) is 0.328. The first-order valence-electron chi connectivity index (χ1n) is 5.62. The molecule has 1 heterocycles. The highest BCUT2D eigenvalue weighted by atomic mass is 16.5. The molecule has 96 valence electrons. The van der Waals surface area contributed by atoms with Crippen molar-refractivity contribution in [3.05, 3.63) is 18.2 Å². The summed E-state index contributed by atoms with van der Waals surface area (Å²) in [7, 11) is 0. The maximum Gasteiger partial charge on any atom is 0.303 e. The molecular formula is C12H14N2O4. The van der Waals surface area contributed by atoms with Gasteiger partial charge in [0.1, 0.15) is 5.75 Å². The molecular weight excluding hydrogens is 236 g/mol. The van der Waals surface area contributed by atoms with Gasteiger partial charge in [-0.1, -0.05) is 0 Å². The molecule has 6 nitrogen and oxygen atoms in total. The Balaban J connectivity index is 2.16. The highest BCUT2D eigenvalue weighted by Gasteiger charge is 2.25. The van der Waals surface area contributed by atoms with E-state index in [9.17, 15) is 9.59 Å². The average Bonchev–Trinajstić information content (AvgIpc) is 2.31. The molecule has 1 aromatic carbocycles. The van der Waals surface area contributed by atoms with Crippen LogP contribution in [0.4, 0.5) is 11.4 Å². The minimum absolute atomic E-state index is 0.0238. The lowest BCUT2D eigenvalue weighted by Crippen LogP contribution is -2.39. The summed E-state index contributed by atoms with van der Waals surface area (Å²) in [5.41, 5.74) is 6.82. The van der Waals surface area contributed by atoms with Gasteiger partial charge in [-0.2, -0.15) is 0 Å². The van der Waals surface area contributed by atoms with E-state index in [1.165, 1.54) is 4.90 Å². The number of rotatable bonds is 4. The van der Waals surface area contributed by atoms with Gasteiger partial charge in [0.25, 0.3) is 5.91 Å². The monoisotopic (exact) mass is 250 g/mol. The Morgan fingerprint density at radius 3 is 3.00 bits per heavy atom. The van der Waals surface area contributed by atoms with Crippen LogP contribution in [-0.2, 0) is 9.59 Å². The van der Waals surface area contributed by atoms with Gasteiger partial charge in [-0.05, 0) is 24.6 Å². The maximum atomic E-state index is 11.8. The molecule has 0 fully saturated rings. The third-order valence-corrected chi connectivity index (χ3v) is 2.70. The van der Waals surface area contributed by atoms with E-state index >= 15 is 0 Å². The summed E-state index contributed by atoms with van der Waals surface area (Å²) in [5, 5.41) is 8.60. The van der Waals surface area contributed by atoms with Gasteiger partial charge in [0, 0.05) is 18.7 Å². The van der Waals surface area contributed by atoms with E-state index in [1.54, 1.807) is 18.2 Å². The van der Waals surface area contributed by atoms with Crippen molar-refractivity contribution >= 4 is 23.3 Å². The van der Waals surface area contributed by atoms with E-state index in [0.29, 0.717) is 30.1 Å². The fraction of sp³-hybridized carbons (Fsp3) is 0.333. The van der Waals surface area contributed by atoms with Crippen molar-refractivity contribution in [2.24, 2.45) is 0 Å². The third-order valence-electron chi connectivity index (χ3n) is 2.70. The van der Waals surface area contributed by atoms with Crippen molar-refractivity contribution in [3.63, 3.8) is 0 Å². The van der Waals surface area contributed by atoms with Gasteiger partial charge in [0.2, 0.25) is 0 Å². The van der Waals surface area contributed by atoms with E-state index < -0.39 is 5.97 Å². The Bertz CT molecular complexity index is 487. The Morgan fingerprint density at radius 2 is 2.28 bits per heavy atom. The van der Waals surface area contributed by atoms with Crippen LogP contribution in [0.2, 0.25) is 0 Å². The summed E-state index contributed by atoms with van der Waals surface area (Å²) in [6.07, 6.45) is 0.428. The van der Waals surface area contributed by atoms with Crippen LogP contribution in [0.25, 0.3) is 0 Å². The van der Waals surface area contributed by atoms with Crippen molar-refractivity contribution in [3.8, 4) is 5.75 Å². The lowest BCUT2D eigenvalue weighted by molar-refractivity contribution is -0.137. The molecule has 1 aliphatic heterocycles. The molecule has 3 N–H and O–H groups in total. The number of hydrogen-bond donors (Lipinski definition) is 2. The maximum absolute atomic E-state index is 11.8. The van der Waals surface area contributed by atoms with E-state index in [2.05, 4.69) is 0 Å². The van der Waals surface area contributed by atoms with Gasteiger partial charge in [-0.15, -0.1) is 0 Å². The largest absolute Gasteiger partial charge is 0.482 e. The molecule has 0 aromatic heterocycles. The number of fused-ring (bicyclic) bond motifs is 1. The van der Waals surface area contributed by atoms with E-state index in [4.69, 9.17) is 15.6 Å². The molecule has 0 radical (unpaired) electrons. The van der Waals surface area contributed by atoms with Crippen LogP contribution < -0.4 is 15.4 Å². The van der Waals surface area contributed by atoms with Gasteiger partial charge in [0.05, 0.1) is 5.69 Å². The number of nitrogens with two attached hydrogens (primary N) is 1. The van der Waals surface area contributed by atoms with Crippen LogP contribution in [-0.4, -0.2) is 30.1 Å². The second kappa shape index (κ2) is 4.95. The number of carboxylic acid groups (broad SMARTS) is 1. The number of nitrogens with zero attached hydrogens (tertiary/aromatic N) is 1. The van der Waals surface area contributed by atoms with E-state index in [-0.39, 0.29) is 18.9 Å². The van der Waals surface area contributed by atoms with E-state index in [1.807, 2.05) is 0 Å². The van der Waals surface area contributed by atoms with Crippen LogP contribution in [0.3, 0.4) is 0 Å². The number of carbonyl (C=O) groups excluding carboxylic acids is 1. The first-order chi connectivity index (χ1) is 8.58. The highest BCUT2D eigenvalue weighted by Crippen LogP contribution is 2.33. The third kappa shape index (κ3) is 2.53. The molecule has 0 bridgehead atoms. The van der Waals surface area contributed by atoms with Gasteiger partial charge in [-0.25, -0.2) is 0 Å². The summed E-state index contributed by atoms with van der Waals surface area (Å²) in [4.78, 5) is 23.8. The summed E-state index contributed by atoms with van der Waals surface area (Å²) < 4.78 is 5.29. The minimum atomic E-state index is -0.872. The number of anilines is 2. The van der Waals surface area contributed by atoms with E-state index in [0.717, 1.165) is 0 Å². The molecule has 18 heavy (non-hydrogen) atoms. The molecule has 0 saturated heterocycles. The van der Waals surface area contributed by atoms with Crippen molar-refractivity contribution in [2.45, 2.75) is 12.8 Å². The highest BCUT2D eigenvalue weighted by molar-refractivity contribution is 5.98. The number of hydrogen-bond acceptors (Lipinski definition) is 4. The number of carbonyl (C=O) groups is 2. The zero-order valence-electron chi connectivity index (χ0n) is 9.76. The van der Waals surface area contributed by atoms with Crippen molar-refractivity contribution in [2.75, 3.05) is 23.8 Å². The molecule has 0 spiro atoms. The SMILES string of the molecule is Nc1ccc2c(c1)N(CCCC(=O)O)C(=O)CO2. The zero-order chi connectivity index (χ0) is 13.1. The summed E-state index contributed by atoms with van der Waals surface area (Å²) in [5.74, 6) is -0.457.